The van der Waals surface area contributed by atoms with Crippen molar-refractivity contribution in [3.8, 4) is 17.0 Å². The molecule has 0 fully saturated rings. The number of hydrogen-bond donors (Lipinski definition) is 2. The Labute approximate surface area is 104 Å². The molecule has 3 N–H and O–H groups in total. The maximum Gasteiger partial charge on any atom is 0.222 e. The topological polar surface area (TPSA) is 72.0 Å². The van der Waals surface area contributed by atoms with Gasteiger partial charge in [0, 0.05) is 5.56 Å². The first-order valence-electron chi connectivity index (χ1n) is 5.09. The summed E-state index contributed by atoms with van der Waals surface area (Å²) in [4.78, 5) is 7.76. The van der Waals surface area contributed by atoms with E-state index in [1.165, 1.54) is 0 Å². The number of aromatic nitrogens is 2. The lowest BCUT2D eigenvalue weighted by atomic mass is 9.99. The van der Waals surface area contributed by atoms with Crippen molar-refractivity contribution in [1.82, 2.24) is 9.97 Å². The minimum Gasteiger partial charge on any atom is -0.503 e. The van der Waals surface area contributed by atoms with Crippen LogP contribution < -0.4 is 5.73 Å². The maximum absolute atomic E-state index is 9.91. The van der Waals surface area contributed by atoms with Gasteiger partial charge in [0.25, 0.3) is 0 Å². The molecule has 2 rings (SSSR count). The van der Waals surface area contributed by atoms with Crippen molar-refractivity contribution in [2.75, 3.05) is 5.73 Å². The first-order valence-corrected chi connectivity index (χ1v) is 5.47. The predicted octanol–water partition coefficient (Wildman–Crippen LogP) is 2.70. The Balaban J connectivity index is 2.77. The summed E-state index contributed by atoms with van der Waals surface area (Å²) < 4.78 is 0. The summed E-state index contributed by atoms with van der Waals surface area (Å²) in [5.74, 6) is -0.0938. The normalized spacial score (nSPS) is 10.5. The number of anilines is 1. The quantitative estimate of drug-likeness (QED) is 0.763. The van der Waals surface area contributed by atoms with Crippen LogP contribution in [0.4, 0.5) is 5.95 Å². The molecule has 4 nitrogen and oxygen atoms in total. The van der Waals surface area contributed by atoms with Crippen LogP contribution in [0.5, 0.6) is 5.75 Å². The molecule has 1 aromatic heterocycles. The van der Waals surface area contributed by atoms with Crippen LogP contribution in [0.25, 0.3) is 11.3 Å². The molecule has 0 aliphatic heterocycles. The zero-order valence-electron chi connectivity index (χ0n) is 9.53. The molecule has 1 heterocycles. The SMILES string of the molecule is Cc1cccc(C)c1-c1nc(N)nc(Cl)c1O. The van der Waals surface area contributed by atoms with E-state index in [-0.39, 0.29) is 16.9 Å². The van der Waals surface area contributed by atoms with Crippen LogP contribution in [-0.2, 0) is 0 Å². The van der Waals surface area contributed by atoms with Gasteiger partial charge in [-0.3, -0.25) is 0 Å². The van der Waals surface area contributed by atoms with Crippen LogP contribution in [-0.4, -0.2) is 15.1 Å². The highest BCUT2D eigenvalue weighted by molar-refractivity contribution is 6.31. The average molecular weight is 250 g/mol. The van der Waals surface area contributed by atoms with Crippen molar-refractivity contribution in [2.24, 2.45) is 0 Å². The van der Waals surface area contributed by atoms with Gasteiger partial charge in [-0.05, 0) is 25.0 Å². The second-order valence-electron chi connectivity index (χ2n) is 3.84. The highest BCUT2D eigenvalue weighted by atomic mass is 35.5. The summed E-state index contributed by atoms with van der Waals surface area (Å²) >= 11 is 5.79. The van der Waals surface area contributed by atoms with E-state index >= 15 is 0 Å². The number of aromatic hydroxyl groups is 1. The van der Waals surface area contributed by atoms with E-state index in [1.807, 2.05) is 32.0 Å². The van der Waals surface area contributed by atoms with Gasteiger partial charge in [-0.1, -0.05) is 29.8 Å². The molecule has 0 spiro atoms. The number of nitrogens with zero attached hydrogens (tertiary/aromatic N) is 2. The Kier molecular flexibility index (Phi) is 2.90. The van der Waals surface area contributed by atoms with Gasteiger partial charge in [-0.2, -0.15) is 4.98 Å². The zero-order valence-corrected chi connectivity index (χ0v) is 10.3. The van der Waals surface area contributed by atoms with E-state index in [1.54, 1.807) is 0 Å². The fraction of sp³-hybridized carbons (Fsp3) is 0.167. The molecule has 5 heteroatoms. The Hall–Kier alpha value is -1.81. The number of halogens is 1. The van der Waals surface area contributed by atoms with Crippen molar-refractivity contribution in [3.05, 3.63) is 34.5 Å². The first kappa shape index (κ1) is 11.7. The predicted molar refractivity (Wildman–Crippen MR) is 68.0 cm³/mol. The van der Waals surface area contributed by atoms with Crippen LogP contribution in [0.2, 0.25) is 5.15 Å². The summed E-state index contributed by atoms with van der Waals surface area (Å²) in [6.45, 7) is 3.88. The molecule has 17 heavy (non-hydrogen) atoms. The molecule has 88 valence electrons. The maximum atomic E-state index is 9.91. The van der Waals surface area contributed by atoms with Gasteiger partial charge < -0.3 is 10.8 Å². The van der Waals surface area contributed by atoms with Gasteiger partial charge in [0.2, 0.25) is 5.95 Å². The lowest BCUT2D eigenvalue weighted by Crippen LogP contribution is -1.99. The smallest absolute Gasteiger partial charge is 0.222 e. The summed E-state index contributed by atoms with van der Waals surface area (Å²) in [5, 5.41) is 9.88. The second-order valence-corrected chi connectivity index (χ2v) is 4.19. The number of nitrogen functional groups attached to an aromatic ring is 1. The fourth-order valence-corrected chi connectivity index (χ4v) is 1.98. The molecule has 0 radical (unpaired) electrons. The third-order valence-corrected chi connectivity index (χ3v) is 2.84. The number of rotatable bonds is 1. The number of aryl methyl sites for hydroxylation is 2. The minimum atomic E-state index is -0.140. The summed E-state index contributed by atoms with van der Waals surface area (Å²) in [7, 11) is 0. The monoisotopic (exact) mass is 249 g/mol. The molecular formula is C12H12ClN3O. The van der Waals surface area contributed by atoms with Crippen LogP contribution >= 0.6 is 11.6 Å². The van der Waals surface area contributed by atoms with Crippen LogP contribution in [0.1, 0.15) is 11.1 Å². The van der Waals surface area contributed by atoms with E-state index < -0.39 is 0 Å². The Morgan fingerprint density at radius 1 is 1.18 bits per heavy atom. The molecule has 0 saturated carbocycles. The Morgan fingerprint density at radius 2 is 1.76 bits per heavy atom. The van der Waals surface area contributed by atoms with Crippen molar-refractivity contribution < 1.29 is 5.11 Å². The van der Waals surface area contributed by atoms with E-state index in [4.69, 9.17) is 17.3 Å². The van der Waals surface area contributed by atoms with Gasteiger partial charge in [0.05, 0.1) is 0 Å². The summed E-state index contributed by atoms with van der Waals surface area (Å²) in [5.41, 5.74) is 8.75. The third-order valence-electron chi connectivity index (χ3n) is 2.58. The van der Waals surface area contributed by atoms with E-state index in [0.29, 0.717) is 5.69 Å². The molecule has 0 atom stereocenters. The van der Waals surface area contributed by atoms with Gasteiger partial charge in [0.15, 0.2) is 10.9 Å². The lowest BCUT2D eigenvalue weighted by molar-refractivity contribution is 0.472. The van der Waals surface area contributed by atoms with Crippen molar-refractivity contribution in [3.63, 3.8) is 0 Å². The number of hydrogen-bond acceptors (Lipinski definition) is 4. The fourth-order valence-electron chi connectivity index (χ4n) is 1.81. The van der Waals surface area contributed by atoms with Crippen LogP contribution in [0.3, 0.4) is 0 Å². The lowest BCUT2D eigenvalue weighted by Gasteiger charge is -2.11. The first-order chi connectivity index (χ1) is 8.00. The standard InChI is InChI=1S/C12H12ClN3O/c1-6-4-3-5-7(2)8(6)9-10(17)11(13)16-12(14)15-9/h3-5,17H,1-2H3,(H2,14,15,16). The Morgan fingerprint density at radius 3 is 2.35 bits per heavy atom. The van der Waals surface area contributed by atoms with Crippen LogP contribution in [0.15, 0.2) is 18.2 Å². The van der Waals surface area contributed by atoms with Crippen LogP contribution in [0, 0.1) is 13.8 Å². The van der Waals surface area contributed by atoms with Gasteiger partial charge in [0.1, 0.15) is 5.69 Å². The molecule has 0 amide bonds. The summed E-state index contributed by atoms with van der Waals surface area (Å²) in [6, 6.07) is 5.82. The van der Waals surface area contributed by atoms with Gasteiger partial charge in [-0.25, -0.2) is 4.98 Å². The van der Waals surface area contributed by atoms with Gasteiger partial charge >= 0.3 is 0 Å². The van der Waals surface area contributed by atoms with Crippen molar-refractivity contribution in [1.29, 1.82) is 0 Å². The Bertz CT molecular complexity index is 564. The molecule has 1 aromatic carbocycles. The van der Waals surface area contributed by atoms with E-state index in [9.17, 15) is 5.11 Å². The largest absolute Gasteiger partial charge is 0.503 e. The molecular weight excluding hydrogens is 238 g/mol. The van der Waals surface area contributed by atoms with Gasteiger partial charge in [-0.15, -0.1) is 0 Å². The highest BCUT2D eigenvalue weighted by Crippen LogP contribution is 2.36. The molecule has 0 unspecified atom stereocenters. The minimum absolute atomic E-state index is 0.0323. The molecule has 2 aromatic rings. The molecule has 0 aliphatic carbocycles. The van der Waals surface area contributed by atoms with Crippen molar-refractivity contribution in [2.45, 2.75) is 13.8 Å². The van der Waals surface area contributed by atoms with E-state index in [2.05, 4.69) is 9.97 Å². The molecule has 0 saturated heterocycles. The zero-order chi connectivity index (χ0) is 12.6. The average Bonchev–Trinajstić information content (AvgIpc) is 2.24. The third kappa shape index (κ3) is 2.03. The number of nitrogens with two attached hydrogens (primary N) is 1. The van der Waals surface area contributed by atoms with E-state index in [0.717, 1.165) is 16.7 Å². The summed E-state index contributed by atoms with van der Waals surface area (Å²) in [6.07, 6.45) is 0. The molecule has 0 bridgehead atoms. The number of benzene rings is 1. The second kappa shape index (κ2) is 4.22. The van der Waals surface area contributed by atoms with Crippen molar-refractivity contribution >= 4 is 17.5 Å². The highest BCUT2D eigenvalue weighted by Gasteiger charge is 2.16. The molecule has 0 aliphatic rings.